The molecule has 0 fully saturated rings. The molecule has 152 valence electrons. The Bertz CT molecular complexity index is 998. The third-order valence-corrected chi connectivity index (χ3v) is 4.73. The number of nitriles is 1. The quantitative estimate of drug-likeness (QED) is 0.769. The van der Waals surface area contributed by atoms with Crippen molar-refractivity contribution >= 4 is 5.91 Å². The Kier molecular flexibility index (Phi) is 4.56. The van der Waals surface area contributed by atoms with Crippen molar-refractivity contribution in [2.24, 2.45) is 0 Å². The summed E-state index contributed by atoms with van der Waals surface area (Å²) in [7, 11) is 0. The van der Waals surface area contributed by atoms with Gasteiger partial charge in [-0.3, -0.25) is 4.79 Å². The van der Waals surface area contributed by atoms with Gasteiger partial charge in [-0.1, -0.05) is 0 Å². The smallest absolute Gasteiger partial charge is 0.425 e. The first-order valence-corrected chi connectivity index (χ1v) is 8.69. The molecule has 0 aliphatic carbocycles. The lowest BCUT2D eigenvalue weighted by Gasteiger charge is -2.29. The maximum atomic E-state index is 14.9. The van der Waals surface area contributed by atoms with Gasteiger partial charge in [0.2, 0.25) is 5.88 Å². The zero-order chi connectivity index (χ0) is 20.8. The van der Waals surface area contributed by atoms with Crippen LogP contribution in [0.4, 0.5) is 17.6 Å². The minimum absolute atomic E-state index is 0.0601. The molecule has 0 radical (unpaired) electrons. The zero-order valence-electron chi connectivity index (χ0n) is 14.7. The number of rotatable bonds is 2. The van der Waals surface area contributed by atoms with E-state index >= 15 is 0 Å². The number of alkyl halides is 4. The maximum absolute atomic E-state index is 14.9. The average molecular weight is 410 g/mol. The van der Waals surface area contributed by atoms with Crippen LogP contribution in [0.3, 0.4) is 0 Å². The summed E-state index contributed by atoms with van der Waals surface area (Å²) in [6, 6.07) is 6.27. The van der Waals surface area contributed by atoms with Gasteiger partial charge in [-0.05, 0) is 18.2 Å². The number of halogens is 4. The van der Waals surface area contributed by atoms with Crippen molar-refractivity contribution in [1.82, 2.24) is 15.1 Å². The fourth-order valence-corrected chi connectivity index (χ4v) is 3.24. The first kappa shape index (κ1) is 19.0. The van der Waals surface area contributed by atoms with Crippen molar-refractivity contribution in [2.45, 2.75) is 37.5 Å². The molecule has 3 atom stereocenters. The number of ether oxygens (including phenoxy) is 2. The number of carbonyl (C=O) groups is 1. The van der Waals surface area contributed by atoms with Gasteiger partial charge in [-0.25, -0.2) is 9.07 Å². The number of amides is 1. The maximum Gasteiger partial charge on any atom is 0.425 e. The van der Waals surface area contributed by atoms with E-state index in [2.05, 4.69) is 10.4 Å². The molecule has 2 aromatic rings. The molecule has 0 saturated heterocycles. The van der Waals surface area contributed by atoms with Gasteiger partial charge in [0, 0.05) is 24.6 Å². The molecule has 29 heavy (non-hydrogen) atoms. The minimum Gasteiger partial charge on any atom is -0.491 e. The number of hydrogen-bond acceptors (Lipinski definition) is 5. The monoisotopic (exact) mass is 410 g/mol. The van der Waals surface area contributed by atoms with Crippen LogP contribution in [0, 0.1) is 11.3 Å². The van der Waals surface area contributed by atoms with Crippen LogP contribution in [0.5, 0.6) is 11.6 Å². The normalized spacial score (nSPS) is 23.1. The predicted octanol–water partition coefficient (Wildman–Crippen LogP) is 2.67. The molecule has 1 N–H and O–H groups in total. The summed E-state index contributed by atoms with van der Waals surface area (Å²) < 4.78 is 64.8. The zero-order valence-corrected chi connectivity index (χ0v) is 14.7. The van der Waals surface area contributed by atoms with E-state index in [0.29, 0.717) is 0 Å². The molecule has 0 saturated carbocycles. The molecule has 2 aliphatic rings. The SMILES string of the molecule is N#Cc1ccc2c(c1)C(F)[C@@H](NC(=O)c1cc3n(n1)CCC(C(F)(F)F)O3)CO2. The Balaban J connectivity index is 1.48. The van der Waals surface area contributed by atoms with E-state index < -0.39 is 30.4 Å². The molecule has 4 rings (SSSR count). The molecule has 3 heterocycles. The third kappa shape index (κ3) is 3.57. The van der Waals surface area contributed by atoms with Crippen molar-refractivity contribution < 1.29 is 31.8 Å². The van der Waals surface area contributed by atoms with E-state index in [1.807, 2.05) is 6.07 Å². The molecule has 2 aliphatic heterocycles. The number of fused-ring (bicyclic) bond motifs is 2. The number of nitrogens with one attached hydrogen (secondary N) is 1. The number of aromatic nitrogens is 2. The number of hydrogen-bond donors (Lipinski definition) is 1. The fraction of sp³-hybridized carbons (Fsp3) is 0.389. The fourth-order valence-electron chi connectivity index (χ4n) is 3.24. The van der Waals surface area contributed by atoms with Crippen molar-refractivity contribution in [3.05, 3.63) is 41.1 Å². The predicted molar refractivity (Wildman–Crippen MR) is 89.1 cm³/mol. The van der Waals surface area contributed by atoms with Gasteiger partial charge in [0.05, 0.1) is 17.7 Å². The van der Waals surface area contributed by atoms with E-state index in [1.165, 1.54) is 18.2 Å². The summed E-state index contributed by atoms with van der Waals surface area (Å²) in [5, 5.41) is 15.3. The molecular formula is C18H14F4N4O3. The molecule has 11 heteroatoms. The summed E-state index contributed by atoms with van der Waals surface area (Å²) in [5.74, 6) is -0.661. The summed E-state index contributed by atoms with van der Waals surface area (Å²) in [5.41, 5.74) is 0.202. The largest absolute Gasteiger partial charge is 0.491 e. The third-order valence-electron chi connectivity index (χ3n) is 4.73. The molecule has 7 nitrogen and oxygen atoms in total. The lowest BCUT2D eigenvalue weighted by atomic mass is 9.98. The number of nitrogens with zero attached hydrogens (tertiary/aromatic N) is 3. The molecule has 1 aromatic heterocycles. The number of aryl methyl sites for hydroxylation is 1. The van der Waals surface area contributed by atoms with Crippen molar-refractivity contribution in [1.29, 1.82) is 5.26 Å². The van der Waals surface area contributed by atoms with Crippen LogP contribution in [-0.2, 0) is 6.54 Å². The van der Waals surface area contributed by atoms with Crippen LogP contribution >= 0.6 is 0 Å². The molecular weight excluding hydrogens is 396 g/mol. The second-order valence-electron chi connectivity index (χ2n) is 6.68. The van der Waals surface area contributed by atoms with Gasteiger partial charge >= 0.3 is 6.18 Å². The minimum atomic E-state index is -4.52. The molecule has 1 aromatic carbocycles. The first-order valence-electron chi connectivity index (χ1n) is 8.69. The Morgan fingerprint density at radius 3 is 2.86 bits per heavy atom. The van der Waals surface area contributed by atoms with Crippen LogP contribution in [0.25, 0.3) is 0 Å². The molecule has 2 unspecified atom stereocenters. The van der Waals surface area contributed by atoms with E-state index in [1.54, 1.807) is 0 Å². The van der Waals surface area contributed by atoms with E-state index in [-0.39, 0.29) is 48.0 Å². The summed E-state index contributed by atoms with van der Waals surface area (Å²) >= 11 is 0. The molecule has 1 amide bonds. The van der Waals surface area contributed by atoms with Crippen molar-refractivity contribution in [3.8, 4) is 17.7 Å². The van der Waals surface area contributed by atoms with Gasteiger partial charge in [-0.15, -0.1) is 0 Å². The highest BCUT2D eigenvalue weighted by atomic mass is 19.4. The van der Waals surface area contributed by atoms with Gasteiger partial charge in [-0.2, -0.15) is 23.5 Å². The van der Waals surface area contributed by atoms with E-state index in [0.717, 1.165) is 10.7 Å². The van der Waals surface area contributed by atoms with Gasteiger partial charge < -0.3 is 14.8 Å². The number of carbonyl (C=O) groups excluding carboxylic acids is 1. The van der Waals surface area contributed by atoms with E-state index in [4.69, 9.17) is 14.7 Å². The lowest BCUT2D eigenvalue weighted by Crippen LogP contribution is -2.44. The Morgan fingerprint density at radius 1 is 1.34 bits per heavy atom. The van der Waals surface area contributed by atoms with Crippen LogP contribution in [0.1, 0.15) is 34.2 Å². The average Bonchev–Trinajstić information content (AvgIpc) is 3.13. The summed E-state index contributed by atoms with van der Waals surface area (Å²) in [6.45, 7) is -0.207. The highest BCUT2D eigenvalue weighted by molar-refractivity contribution is 5.92. The summed E-state index contributed by atoms with van der Waals surface area (Å²) in [6.07, 6.45) is -8.43. The van der Waals surface area contributed by atoms with Crippen LogP contribution in [0.15, 0.2) is 24.3 Å². The molecule has 0 spiro atoms. The van der Waals surface area contributed by atoms with Crippen molar-refractivity contribution in [3.63, 3.8) is 0 Å². The number of benzene rings is 1. The van der Waals surface area contributed by atoms with Crippen molar-refractivity contribution in [2.75, 3.05) is 6.61 Å². The highest BCUT2D eigenvalue weighted by Gasteiger charge is 2.44. The van der Waals surface area contributed by atoms with Crippen LogP contribution in [0.2, 0.25) is 0 Å². The second kappa shape index (κ2) is 6.95. The van der Waals surface area contributed by atoms with Gasteiger partial charge in [0.15, 0.2) is 18.0 Å². The second-order valence-corrected chi connectivity index (χ2v) is 6.68. The molecule has 0 bridgehead atoms. The van der Waals surface area contributed by atoms with Crippen LogP contribution in [-0.4, -0.2) is 40.6 Å². The summed E-state index contributed by atoms with van der Waals surface area (Å²) in [4.78, 5) is 12.5. The van der Waals surface area contributed by atoms with Crippen LogP contribution < -0.4 is 14.8 Å². The van der Waals surface area contributed by atoms with Gasteiger partial charge in [0.1, 0.15) is 12.4 Å². The van der Waals surface area contributed by atoms with E-state index in [9.17, 15) is 22.4 Å². The highest BCUT2D eigenvalue weighted by Crippen LogP contribution is 2.36. The first-order chi connectivity index (χ1) is 13.8. The standard InChI is InChI=1S/C18H14F4N4O3/c19-16-10-5-9(7-23)1-2-13(10)28-8-12(16)24-17(27)11-6-15-26(25-11)4-3-14(29-15)18(20,21)22/h1-2,5-6,12,14,16H,3-4,8H2,(H,24,27)/t12-,14?,16?/m0/s1. The topological polar surface area (TPSA) is 89.2 Å². The Labute approximate surface area is 161 Å². The Hall–Kier alpha value is -3.29. The Morgan fingerprint density at radius 2 is 2.14 bits per heavy atom. The lowest BCUT2D eigenvalue weighted by molar-refractivity contribution is -0.203. The van der Waals surface area contributed by atoms with Gasteiger partial charge in [0.25, 0.3) is 5.91 Å².